The van der Waals surface area contributed by atoms with Crippen LogP contribution in [0.3, 0.4) is 0 Å². The van der Waals surface area contributed by atoms with Gasteiger partial charge in [-0.15, -0.1) is 0 Å². The molecule has 1 aromatic heterocycles. The number of unbranched alkanes of at least 4 members (excludes halogenated alkanes) is 1. The van der Waals surface area contributed by atoms with Gasteiger partial charge >= 0.3 is 5.97 Å². The molecule has 0 aliphatic carbocycles. The molecule has 1 N–H and O–H groups in total. The fourth-order valence-corrected chi connectivity index (χ4v) is 6.14. The molecule has 0 bridgehead atoms. The second-order valence-electron chi connectivity index (χ2n) is 12.4. The van der Waals surface area contributed by atoms with Gasteiger partial charge < -0.3 is 23.6 Å². The predicted octanol–water partition coefficient (Wildman–Crippen LogP) is 3.74. The lowest BCUT2D eigenvalue weighted by Gasteiger charge is -2.30. The molecule has 0 radical (unpaired) electrons. The Labute approximate surface area is 238 Å². The fourth-order valence-electron chi connectivity index (χ4n) is 6.14. The summed E-state index contributed by atoms with van der Waals surface area (Å²) in [5.41, 5.74) is 2.14. The van der Waals surface area contributed by atoms with E-state index in [1.54, 1.807) is 6.20 Å². The Morgan fingerprint density at radius 3 is 2.65 bits per heavy atom. The summed E-state index contributed by atoms with van der Waals surface area (Å²) in [5, 5.41) is 10.5. The van der Waals surface area contributed by atoms with Crippen molar-refractivity contribution >= 4 is 11.9 Å². The number of quaternary nitrogens is 1. The molecule has 1 saturated heterocycles. The van der Waals surface area contributed by atoms with E-state index >= 15 is 0 Å². The number of aromatic nitrogens is 1. The molecule has 0 spiro atoms. The van der Waals surface area contributed by atoms with Gasteiger partial charge in [-0.2, -0.15) is 0 Å². The van der Waals surface area contributed by atoms with Crippen LogP contribution in [0.25, 0.3) is 0 Å². The molecule has 3 atom stereocenters. The Hall–Kier alpha value is -2.91. The van der Waals surface area contributed by atoms with Crippen molar-refractivity contribution in [2.24, 2.45) is 5.92 Å². The van der Waals surface area contributed by atoms with Gasteiger partial charge in [0, 0.05) is 50.9 Å². The molecule has 0 saturated carbocycles. The van der Waals surface area contributed by atoms with Crippen LogP contribution >= 0.6 is 0 Å². The average molecular weight is 556 g/mol. The minimum Gasteiger partial charge on any atom is -0.493 e. The normalized spacial score (nSPS) is 20.9. The number of ether oxygens (including phenoxy) is 1. The quantitative estimate of drug-likeness (QED) is 0.355. The molecule has 220 valence electrons. The zero-order chi connectivity index (χ0) is 28.9. The Balaban J connectivity index is 1.56. The monoisotopic (exact) mass is 555 g/mol. The van der Waals surface area contributed by atoms with E-state index < -0.39 is 11.9 Å². The highest BCUT2D eigenvalue weighted by molar-refractivity contribution is 5.79. The van der Waals surface area contributed by atoms with E-state index in [9.17, 15) is 14.7 Å². The van der Waals surface area contributed by atoms with Crippen LogP contribution in [0.1, 0.15) is 61.3 Å². The van der Waals surface area contributed by atoms with E-state index in [0.717, 1.165) is 72.4 Å². The van der Waals surface area contributed by atoms with Gasteiger partial charge in [0.25, 0.3) is 0 Å². The summed E-state index contributed by atoms with van der Waals surface area (Å²) in [5.74, 6) is 0.645. The maximum Gasteiger partial charge on any atom is 0.308 e. The van der Waals surface area contributed by atoms with Gasteiger partial charge in [-0.25, -0.2) is 4.98 Å². The van der Waals surface area contributed by atoms with Crippen LogP contribution < -0.4 is 4.74 Å². The van der Waals surface area contributed by atoms with Crippen molar-refractivity contribution in [3.63, 3.8) is 0 Å². The second kappa shape index (κ2) is 13.2. The molecule has 2 aliphatic heterocycles. The van der Waals surface area contributed by atoms with Crippen molar-refractivity contribution in [1.29, 1.82) is 0 Å². The average Bonchev–Trinajstić information content (AvgIpc) is 3.61. The van der Waals surface area contributed by atoms with Gasteiger partial charge in [0.05, 0.1) is 53.0 Å². The second-order valence-corrected chi connectivity index (χ2v) is 12.4. The van der Waals surface area contributed by atoms with Crippen LogP contribution in [-0.2, 0) is 22.4 Å². The van der Waals surface area contributed by atoms with Crippen LogP contribution in [0.15, 0.2) is 28.8 Å². The van der Waals surface area contributed by atoms with Crippen molar-refractivity contribution in [2.75, 3.05) is 60.5 Å². The van der Waals surface area contributed by atoms with Crippen molar-refractivity contribution in [3.05, 3.63) is 47.2 Å². The Bertz CT molecular complexity index is 1160. The van der Waals surface area contributed by atoms with Crippen LogP contribution in [0.5, 0.6) is 5.75 Å². The summed E-state index contributed by atoms with van der Waals surface area (Å²) in [6.07, 6.45) is 6.53. The molecule has 1 unspecified atom stereocenters. The van der Waals surface area contributed by atoms with E-state index in [2.05, 4.69) is 44.0 Å². The third-order valence-electron chi connectivity index (χ3n) is 8.23. The SMILES string of the molecule is CCCCN(CCC[N+](C)(C)C)C(=O)CN1C[C@H](c2ccc3c(c2)CCO3)C(C(=O)O)[C@@H]1CCc1ncc(C)o1. The number of carboxylic acid groups (broad SMARTS) is 1. The van der Waals surface area contributed by atoms with Crippen molar-refractivity contribution in [2.45, 2.75) is 64.3 Å². The fraction of sp³-hybridized carbons (Fsp3) is 0.645. The zero-order valence-electron chi connectivity index (χ0n) is 24.9. The molecule has 1 amide bonds. The molecule has 9 heteroatoms. The number of amides is 1. The van der Waals surface area contributed by atoms with E-state index in [1.807, 2.05) is 24.0 Å². The Morgan fingerprint density at radius 1 is 1.20 bits per heavy atom. The van der Waals surface area contributed by atoms with Crippen LogP contribution in [0.4, 0.5) is 0 Å². The number of aliphatic carboxylic acids is 1. The highest BCUT2D eigenvalue weighted by atomic mass is 16.5. The first kappa shape index (κ1) is 30.1. The topological polar surface area (TPSA) is 96.1 Å². The summed E-state index contributed by atoms with van der Waals surface area (Å²) in [7, 11) is 6.50. The first-order valence-corrected chi connectivity index (χ1v) is 14.8. The molecule has 2 aliphatic rings. The molecule has 1 aromatic carbocycles. The smallest absolute Gasteiger partial charge is 0.308 e. The standard InChI is InChI=1S/C31H46N4O5/c1-6-7-14-33(15-8-16-35(3,4)5)29(36)21-34-20-25(23-9-11-27-24(18-23)13-17-39-27)30(31(37)38)26(34)10-12-28-32-19-22(2)40-28/h9,11,18-19,25-26,30H,6-8,10,12-17,20-21H2,1-5H3/p+1/t25-,26+,30?/m1/s1. The molecule has 4 rings (SSSR count). The minimum absolute atomic E-state index is 0.0824. The summed E-state index contributed by atoms with van der Waals surface area (Å²) in [6, 6.07) is 5.78. The van der Waals surface area contributed by atoms with Crippen LogP contribution in [-0.4, -0.2) is 103 Å². The van der Waals surface area contributed by atoms with Crippen molar-refractivity contribution < 1.29 is 28.3 Å². The molecule has 3 heterocycles. The maximum atomic E-state index is 13.7. The number of aryl methyl sites for hydroxylation is 2. The number of hydrogen-bond acceptors (Lipinski definition) is 6. The van der Waals surface area contributed by atoms with Crippen molar-refractivity contribution in [3.8, 4) is 5.75 Å². The molecule has 1 fully saturated rings. The Kier molecular flexibility index (Phi) is 9.90. The molecule has 40 heavy (non-hydrogen) atoms. The first-order chi connectivity index (χ1) is 19.1. The van der Waals surface area contributed by atoms with E-state index in [-0.39, 0.29) is 24.4 Å². The van der Waals surface area contributed by atoms with Gasteiger partial charge in [-0.1, -0.05) is 25.5 Å². The number of likely N-dealkylation sites (tertiary alicyclic amines) is 1. The van der Waals surface area contributed by atoms with Gasteiger partial charge in [0.15, 0.2) is 5.89 Å². The number of carbonyl (C=O) groups is 2. The number of hydrogen-bond donors (Lipinski definition) is 1. The lowest BCUT2D eigenvalue weighted by atomic mass is 9.83. The van der Waals surface area contributed by atoms with Gasteiger partial charge in [0.2, 0.25) is 5.91 Å². The summed E-state index contributed by atoms with van der Waals surface area (Å²) >= 11 is 0. The number of carbonyl (C=O) groups excluding carboxylic acids is 1. The van der Waals surface area contributed by atoms with Gasteiger partial charge in [0.1, 0.15) is 11.5 Å². The zero-order valence-corrected chi connectivity index (χ0v) is 24.9. The largest absolute Gasteiger partial charge is 0.493 e. The maximum absolute atomic E-state index is 13.7. The lowest BCUT2D eigenvalue weighted by molar-refractivity contribution is -0.870. The van der Waals surface area contributed by atoms with E-state index in [0.29, 0.717) is 31.9 Å². The van der Waals surface area contributed by atoms with Crippen molar-refractivity contribution in [1.82, 2.24) is 14.8 Å². The third kappa shape index (κ3) is 7.63. The van der Waals surface area contributed by atoms with E-state index in [1.165, 1.54) is 0 Å². The number of fused-ring (bicyclic) bond motifs is 1. The third-order valence-corrected chi connectivity index (χ3v) is 8.23. The molecule has 9 nitrogen and oxygen atoms in total. The minimum atomic E-state index is -0.823. The molecular weight excluding hydrogens is 508 g/mol. The number of nitrogens with zero attached hydrogens (tertiary/aromatic N) is 4. The highest BCUT2D eigenvalue weighted by Crippen LogP contribution is 2.41. The Morgan fingerprint density at radius 2 is 1.98 bits per heavy atom. The summed E-state index contributed by atoms with van der Waals surface area (Å²) in [4.78, 5) is 35.0. The number of rotatable bonds is 14. The van der Waals surface area contributed by atoms with Gasteiger partial charge in [-0.3, -0.25) is 14.5 Å². The first-order valence-electron chi connectivity index (χ1n) is 14.8. The number of carboxylic acids is 1. The highest BCUT2D eigenvalue weighted by Gasteiger charge is 2.47. The predicted molar refractivity (Wildman–Crippen MR) is 153 cm³/mol. The number of benzene rings is 1. The van der Waals surface area contributed by atoms with E-state index in [4.69, 9.17) is 9.15 Å². The molecule has 2 aromatic rings. The number of oxazole rings is 1. The summed E-state index contributed by atoms with van der Waals surface area (Å²) < 4.78 is 12.3. The van der Waals surface area contributed by atoms with Gasteiger partial charge in [-0.05, 0) is 37.0 Å². The van der Waals surface area contributed by atoms with Crippen LogP contribution in [0.2, 0.25) is 0 Å². The summed E-state index contributed by atoms with van der Waals surface area (Å²) in [6.45, 7) is 7.84. The lowest BCUT2D eigenvalue weighted by Crippen LogP contribution is -2.45. The molecular formula is C31H47N4O5+. The van der Waals surface area contributed by atoms with Crippen LogP contribution in [0, 0.1) is 12.8 Å².